The second kappa shape index (κ2) is 9.47. The van der Waals surface area contributed by atoms with E-state index in [1.165, 1.54) is 24.1 Å². The minimum absolute atomic E-state index is 0.203. The van der Waals surface area contributed by atoms with Gasteiger partial charge in [-0.3, -0.25) is 4.79 Å². The third kappa shape index (κ3) is 5.11. The fraction of sp³-hybridized carbons (Fsp3) is 0.417. The molecule has 0 radical (unpaired) electrons. The Morgan fingerprint density at radius 3 is 2.43 bits per heavy atom. The lowest BCUT2D eigenvalue weighted by atomic mass is 9.99. The van der Waals surface area contributed by atoms with E-state index >= 15 is 0 Å². The Kier molecular flexibility index (Phi) is 6.53. The fourth-order valence-electron chi connectivity index (χ4n) is 4.25. The Morgan fingerprint density at radius 1 is 1.03 bits per heavy atom. The Morgan fingerprint density at radius 2 is 1.77 bits per heavy atom. The molecular formula is C24H30N4OS. The topological polar surface area (TPSA) is 47.6 Å². The molecular weight excluding hydrogens is 392 g/mol. The number of rotatable bonds is 5. The van der Waals surface area contributed by atoms with Crippen molar-refractivity contribution in [3.63, 3.8) is 0 Å². The first-order valence-electron chi connectivity index (χ1n) is 10.9. The second-order valence-corrected chi connectivity index (χ2v) is 8.77. The Balaban J connectivity index is 1.26. The average molecular weight is 423 g/mol. The van der Waals surface area contributed by atoms with Gasteiger partial charge in [-0.25, -0.2) is 0 Å². The second-order valence-electron chi connectivity index (χ2n) is 8.36. The van der Waals surface area contributed by atoms with Crippen molar-refractivity contribution >= 4 is 40.3 Å². The summed E-state index contributed by atoms with van der Waals surface area (Å²) in [6.45, 7) is 6.12. The van der Waals surface area contributed by atoms with Crippen molar-refractivity contribution in [3.05, 3.63) is 54.1 Å². The van der Waals surface area contributed by atoms with Gasteiger partial charge in [-0.05, 0) is 79.4 Å². The molecule has 2 aromatic carbocycles. The van der Waals surface area contributed by atoms with E-state index in [2.05, 4.69) is 46.7 Å². The Bertz CT molecular complexity index is 881. The summed E-state index contributed by atoms with van der Waals surface area (Å²) in [6.07, 6.45) is 4.19. The maximum absolute atomic E-state index is 11.9. The Hall–Kier alpha value is -2.60. The number of nitrogens with one attached hydrogen (secondary N) is 2. The third-order valence-electron chi connectivity index (χ3n) is 5.92. The Labute approximate surface area is 184 Å². The van der Waals surface area contributed by atoms with E-state index in [1.54, 1.807) is 0 Å². The highest BCUT2D eigenvalue weighted by Gasteiger charge is 2.21. The lowest BCUT2D eigenvalue weighted by molar-refractivity contribution is -0.117. The average Bonchev–Trinajstić information content (AvgIpc) is 3.19. The molecule has 0 bridgehead atoms. The normalized spacial score (nSPS) is 19.1. The molecule has 1 atom stereocenters. The number of anilines is 3. The number of carbonyl (C=O) groups excluding carboxylic acids is 1. The predicted molar refractivity (Wildman–Crippen MR) is 128 cm³/mol. The van der Waals surface area contributed by atoms with Crippen molar-refractivity contribution in [1.29, 1.82) is 0 Å². The summed E-state index contributed by atoms with van der Waals surface area (Å²) in [6, 6.07) is 16.6. The van der Waals surface area contributed by atoms with E-state index < -0.39 is 0 Å². The number of benzene rings is 2. The van der Waals surface area contributed by atoms with Crippen LogP contribution >= 0.6 is 12.2 Å². The number of hydrogen-bond acceptors (Lipinski definition) is 3. The molecule has 0 saturated carbocycles. The van der Waals surface area contributed by atoms with Gasteiger partial charge in [-0.15, -0.1) is 0 Å². The van der Waals surface area contributed by atoms with Crippen molar-refractivity contribution in [2.24, 2.45) is 5.92 Å². The monoisotopic (exact) mass is 422 g/mol. The van der Waals surface area contributed by atoms with Crippen LogP contribution in [-0.2, 0) is 11.3 Å². The van der Waals surface area contributed by atoms with E-state index in [9.17, 15) is 4.79 Å². The third-order valence-corrected chi connectivity index (χ3v) is 6.17. The fourth-order valence-corrected chi connectivity index (χ4v) is 4.44. The van der Waals surface area contributed by atoms with Crippen LogP contribution in [0.2, 0.25) is 0 Å². The van der Waals surface area contributed by atoms with Crippen LogP contribution in [0.5, 0.6) is 0 Å². The van der Waals surface area contributed by atoms with Gasteiger partial charge in [-0.2, -0.15) is 0 Å². The summed E-state index contributed by atoms with van der Waals surface area (Å²) >= 11 is 5.44. The molecule has 158 valence electrons. The number of nitrogens with zero attached hydrogens (tertiary/aromatic N) is 2. The molecule has 4 rings (SSSR count). The van der Waals surface area contributed by atoms with Gasteiger partial charge in [0.15, 0.2) is 5.11 Å². The molecule has 1 amide bonds. The van der Waals surface area contributed by atoms with Crippen LogP contribution < -0.4 is 20.4 Å². The molecule has 0 aliphatic carbocycles. The van der Waals surface area contributed by atoms with Gasteiger partial charge in [0.2, 0.25) is 5.91 Å². The van der Waals surface area contributed by atoms with Crippen molar-refractivity contribution < 1.29 is 4.79 Å². The zero-order valence-corrected chi connectivity index (χ0v) is 18.4. The van der Waals surface area contributed by atoms with Gasteiger partial charge in [0.05, 0.1) is 0 Å². The smallest absolute Gasteiger partial charge is 0.227 e. The van der Waals surface area contributed by atoms with Crippen LogP contribution in [0, 0.1) is 5.92 Å². The van der Waals surface area contributed by atoms with Crippen LogP contribution in [-0.4, -0.2) is 30.7 Å². The number of amides is 1. The van der Waals surface area contributed by atoms with Crippen molar-refractivity contribution in [3.8, 4) is 0 Å². The SMILES string of the molecule is CC1CCCN(c2ccc(CNC(=S)Nc3ccc(N4CCCC4=O)cc3)cc2)C1. The summed E-state index contributed by atoms with van der Waals surface area (Å²) in [4.78, 5) is 16.2. The lowest BCUT2D eigenvalue weighted by Gasteiger charge is -2.32. The summed E-state index contributed by atoms with van der Waals surface area (Å²) < 4.78 is 0. The minimum atomic E-state index is 0.203. The first kappa shape index (κ1) is 20.7. The van der Waals surface area contributed by atoms with Gasteiger partial charge in [0.1, 0.15) is 0 Å². The maximum atomic E-state index is 11.9. The quantitative estimate of drug-likeness (QED) is 0.693. The van der Waals surface area contributed by atoms with E-state index in [4.69, 9.17) is 12.2 Å². The number of carbonyl (C=O) groups is 1. The summed E-state index contributed by atoms with van der Waals surface area (Å²) in [7, 11) is 0. The number of thiocarbonyl (C=S) groups is 1. The molecule has 2 saturated heterocycles. The highest BCUT2D eigenvalue weighted by molar-refractivity contribution is 7.80. The van der Waals surface area contributed by atoms with Crippen molar-refractivity contribution in [2.75, 3.05) is 34.8 Å². The lowest BCUT2D eigenvalue weighted by Crippen LogP contribution is -2.34. The molecule has 6 heteroatoms. The first-order valence-corrected chi connectivity index (χ1v) is 11.3. The zero-order chi connectivity index (χ0) is 20.9. The van der Waals surface area contributed by atoms with Gasteiger partial charge in [0.25, 0.3) is 0 Å². The van der Waals surface area contributed by atoms with Crippen molar-refractivity contribution in [2.45, 2.75) is 39.2 Å². The zero-order valence-electron chi connectivity index (χ0n) is 17.6. The minimum Gasteiger partial charge on any atom is -0.371 e. The molecule has 2 aliphatic heterocycles. The van der Waals surface area contributed by atoms with Crippen LogP contribution in [0.4, 0.5) is 17.1 Å². The van der Waals surface area contributed by atoms with Crippen LogP contribution in [0.1, 0.15) is 38.2 Å². The summed E-state index contributed by atoms with van der Waals surface area (Å²) in [5.41, 5.74) is 4.38. The van der Waals surface area contributed by atoms with Gasteiger partial charge >= 0.3 is 0 Å². The van der Waals surface area contributed by atoms with Crippen LogP contribution in [0.25, 0.3) is 0 Å². The summed E-state index contributed by atoms with van der Waals surface area (Å²) in [5, 5.41) is 7.08. The molecule has 2 aromatic rings. The largest absolute Gasteiger partial charge is 0.371 e. The van der Waals surface area contributed by atoms with Gasteiger partial charge in [-0.1, -0.05) is 19.1 Å². The molecule has 2 fully saturated rings. The van der Waals surface area contributed by atoms with Crippen molar-refractivity contribution in [1.82, 2.24) is 5.32 Å². The van der Waals surface area contributed by atoms with Gasteiger partial charge < -0.3 is 20.4 Å². The van der Waals surface area contributed by atoms with E-state index in [1.807, 2.05) is 29.2 Å². The molecule has 2 N–H and O–H groups in total. The highest BCUT2D eigenvalue weighted by Crippen LogP contribution is 2.24. The molecule has 30 heavy (non-hydrogen) atoms. The van der Waals surface area contributed by atoms with Gasteiger partial charge in [0, 0.05) is 49.7 Å². The molecule has 2 heterocycles. The number of piperidine rings is 1. The molecule has 1 unspecified atom stereocenters. The summed E-state index contributed by atoms with van der Waals surface area (Å²) in [5.74, 6) is 0.974. The molecule has 2 aliphatic rings. The van der Waals surface area contributed by atoms with Crippen LogP contribution in [0.3, 0.4) is 0 Å². The van der Waals surface area contributed by atoms with E-state index in [-0.39, 0.29) is 5.91 Å². The maximum Gasteiger partial charge on any atom is 0.227 e. The first-order chi connectivity index (χ1) is 14.6. The highest BCUT2D eigenvalue weighted by atomic mass is 32.1. The number of hydrogen-bond donors (Lipinski definition) is 2. The molecule has 0 spiro atoms. The van der Waals surface area contributed by atoms with E-state index in [0.717, 1.165) is 43.3 Å². The predicted octanol–water partition coefficient (Wildman–Crippen LogP) is 4.54. The van der Waals surface area contributed by atoms with Crippen LogP contribution in [0.15, 0.2) is 48.5 Å². The molecule has 5 nitrogen and oxygen atoms in total. The van der Waals surface area contributed by atoms with E-state index in [0.29, 0.717) is 18.1 Å². The molecule has 0 aromatic heterocycles. The standard InChI is InChI=1S/C24H30N4OS/c1-18-4-2-14-27(17-18)21-10-6-19(7-11-21)16-25-24(30)26-20-8-12-22(13-9-20)28-15-3-5-23(28)29/h6-13,18H,2-5,14-17H2,1H3,(H2,25,26,30).